The molecule has 0 aliphatic heterocycles. The fourth-order valence-electron chi connectivity index (χ4n) is 1.74. The van der Waals surface area contributed by atoms with E-state index in [4.69, 9.17) is 0 Å². The molecule has 0 saturated heterocycles. The molecular formula is C12H20N2O2S2. The number of hydrogen-bond donors (Lipinski definition) is 1. The molecule has 1 fully saturated rings. The Morgan fingerprint density at radius 3 is 2.83 bits per heavy atom. The van der Waals surface area contributed by atoms with E-state index in [0.717, 1.165) is 4.88 Å². The van der Waals surface area contributed by atoms with Crippen molar-refractivity contribution in [1.29, 1.82) is 0 Å². The molecule has 1 atom stereocenters. The van der Waals surface area contributed by atoms with Gasteiger partial charge in [-0.15, -0.1) is 11.3 Å². The molecule has 1 aliphatic rings. The van der Waals surface area contributed by atoms with Crippen LogP contribution >= 0.6 is 11.3 Å². The Hall–Kier alpha value is -0.430. The summed E-state index contributed by atoms with van der Waals surface area (Å²) in [7, 11) is -1.55. The zero-order valence-corrected chi connectivity index (χ0v) is 12.4. The van der Waals surface area contributed by atoms with Gasteiger partial charge in [-0.1, -0.05) is 6.07 Å². The molecule has 18 heavy (non-hydrogen) atoms. The van der Waals surface area contributed by atoms with Gasteiger partial charge in [0.05, 0.1) is 5.25 Å². The molecule has 1 saturated carbocycles. The van der Waals surface area contributed by atoms with Crippen molar-refractivity contribution in [2.24, 2.45) is 0 Å². The molecule has 0 spiro atoms. The Bertz CT molecular complexity index is 466. The van der Waals surface area contributed by atoms with Crippen LogP contribution in [0.4, 0.5) is 0 Å². The van der Waals surface area contributed by atoms with E-state index in [1.807, 2.05) is 17.5 Å². The zero-order chi connectivity index (χ0) is 13.2. The third kappa shape index (κ3) is 3.54. The normalized spacial score (nSPS) is 18.2. The smallest absolute Gasteiger partial charge is 0.218 e. The highest BCUT2D eigenvalue weighted by atomic mass is 32.2. The van der Waals surface area contributed by atoms with Crippen molar-refractivity contribution in [2.75, 3.05) is 13.6 Å². The van der Waals surface area contributed by atoms with Gasteiger partial charge in [0.25, 0.3) is 0 Å². The largest absolute Gasteiger partial charge is 0.313 e. The second-order valence-corrected chi connectivity index (χ2v) is 8.36. The lowest BCUT2D eigenvalue weighted by Gasteiger charge is -2.21. The Kier molecular flexibility index (Phi) is 4.42. The van der Waals surface area contributed by atoms with Crippen LogP contribution in [0.5, 0.6) is 0 Å². The molecule has 0 aromatic carbocycles. The summed E-state index contributed by atoms with van der Waals surface area (Å²) in [5.41, 5.74) is 0. The van der Waals surface area contributed by atoms with Gasteiger partial charge in [0.1, 0.15) is 0 Å². The lowest BCUT2D eigenvalue weighted by molar-refractivity contribution is 0.456. The van der Waals surface area contributed by atoms with Crippen LogP contribution in [0, 0.1) is 0 Å². The summed E-state index contributed by atoms with van der Waals surface area (Å²) < 4.78 is 26.0. The van der Waals surface area contributed by atoms with Crippen LogP contribution in [-0.4, -0.2) is 37.6 Å². The molecule has 102 valence electrons. The minimum Gasteiger partial charge on any atom is -0.313 e. The predicted octanol–water partition coefficient (Wildman–Crippen LogP) is 1.65. The summed E-state index contributed by atoms with van der Waals surface area (Å²) in [6.45, 7) is 2.78. The maximum absolute atomic E-state index is 12.3. The topological polar surface area (TPSA) is 49.4 Å². The molecule has 2 rings (SSSR count). The monoisotopic (exact) mass is 288 g/mol. The molecule has 6 heteroatoms. The van der Waals surface area contributed by atoms with Crippen molar-refractivity contribution < 1.29 is 8.42 Å². The minimum atomic E-state index is -3.21. The van der Waals surface area contributed by atoms with Crippen molar-refractivity contribution in [2.45, 2.75) is 37.6 Å². The molecule has 1 unspecified atom stereocenters. The van der Waals surface area contributed by atoms with E-state index >= 15 is 0 Å². The maximum atomic E-state index is 12.3. The number of nitrogens with zero attached hydrogens (tertiary/aromatic N) is 1. The van der Waals surface area contributed by atoms with E-state index < -0.39 is 10.0 Å². The lowest BCUT2D eigenvalue weighted by atomic mass is 10.4. The highest BCUT2D eigenvalue weighted by Crippen LogP contribution is 2.20. The Morgan fingerprint density at radius 1 is 1.56 bits per heavy atom. The van der Waals surface area contributed by atoms with Crippen molar-refractivity contribution in [3.63, 3.8) is 0 Å². The van der Waals surface area contributed by atoms with Gasteiger partial charge in [0.15, 0.2) is 0 Å². The first kappa shape index (κ1) is 14.0. The Balaban J connectivity index is 1.90. The second kappa shape index (κ2) is 5.69. The van der Waals surface area contributed by atoms with E-state index in [1.54, 1.807) is 25.3 Å². The first-order valence-corrected chi connectivity index (χ1v) is 8.59. The number of sulfonamides is 1. The van der Waals surface area contributed by atoms with E-state index in [2.05, 4.69) is 5.32 Å². The summed E-state index contributed by atoms with van der Waals surface area (Å²) >= 11 is 1.59. The fourth-order valence-corrected chi connectivity index (χ4v) is 3.82. The molecule has 1 heterocycles. The zero-order valence-electron chi connectivity index (χ0n) is 10.8. The predicted molar refractivity (Wildman–Crippen MR) is 75.2 cm³/mol. The fraction of sp³-hybridized carbons (Fsp3) is 0.667. The summed E-state index contributed by atoms with van der Waals surface area (Å²) in [5, 5.41) is 4.87. The van der Waals surface area contributed by atoms with Gasteiger partial charge in [-0.3, -0.25) is 0 Å². The average Bonchev–Trinajstić information content (AvgIpc) is 3.02. The lowest BCUT2D eigenvalue weighted by Crippen LogP contribution is -2.40. The number of thiophene rings is 1. The van der Waals surface area contributed by atoms with Gasteiger partial charge in [-0.05, 0) is 31.2 Å². The van der Waals surface area contributed by atoms with E-state index in [-0.39, 0.29) is 5.25 Å². The average molecular weight is 288 g/mol. The standard InChI is InChI=1S/C12H20N2O2S2/c1-10(8-13-11-5-6-11)18(15,16)14(2)9-12-4-3-7-17-12/h3-4,7,10-11,13H,5-6,8-9H2,1-2H3. The number of rotatable bonds is 7. The summed E-state index contributed by atoms with van der Waals surface area (Å²) in [6, 6.07) is 4.45. The maximum Gasteiger partial charge on any atom is 0.218 e. The summed E-state index contributed by atoms with van der Waals surface area (Å²) in [4.78, 5) is 1.07. The van der Waals surface area contributed by atoms with Gasteiger partial charge < -0.3 is 5.32 Å². The molecule has 0 amide bonds. The molecule has 1 aromatic rings. The van der Waals surface area contributed by atoms with E-state index in [9.17, 15) is 8.42 Å². The number of nitrogens with one attached hydrogen (secondary N) is 1. The molecule has 0 bridgehead atoms. The highest BCUT2D eigenvalue weighted by Gasteiger charge is 2.28. The van der Waals surface area contributed by atoms with Gasteiger partial charge >= 0.3 is 0 Å². The first-order chi connectivity index (χ1) is 8.50. The third-order valence-corrected chi connectivity index (χ3v) is 6.22. The quantitative estimate of drug-likeness (QED) is 0.830. The number of hydrogen-bond acceptors (Lipinski definition) is 4. The molecule has 1 N–H and O–H groups in total. The first-order valence-electron chi connectivity index (χ1n) is 6.21. The Morgan fingerprint density at radius 2 is 2.28 bits per heavy atom. The van der Waals surface area contributed by atoms with Crippen LogP contribution in [0.15, 0.2) is 17.5 Å². The van der Waals surface area contributed by atoms with Crippen LogP contribution < -0.4 is 5.32 Å². The Labute approximate surface area is 113 Å². The second-order valence-electron chi connectivity index (χ2n) is 4.87. The summed E-state index contributed by atoms with van der Waals surface area (Å²) in [6.07, 6.45) is 2.36. The van der Waals surface area contributed by atoms with Crippen molar-refractivity contribution >= 4 is 21.4 Å². The molecular weight excluding hydrogens is 268 g/mol. The van der Waals surface area contributed by atoms with Crippen LogP contribution in [0.2, 0.25) is 0 Å². The van der Waals surface area contributed by atoms with Gasteiger partial charge in [0, 0.05) is 31.1 Å². The van der Waals surface area contributed by atoms with Gasteiger partial charge in [-0.25, -0.2) is 8.42 Å². The SMILES string of the molecule is CC(CNC1CC1)S(=O)(=O)N(C)Cc1cccs1. The van der Waals surface area contributed by atoms with Crippen molar-refractivity contribution in [3.8, 4) is 0 Å². The minimum absolute atomic E-state index is 0.372. The van der Waals surface area contributed by atoms with Crippen molar-refractivity contribution in [3.05, 3.63) is 22.4 Å². The summed E-state index contributed by atoms with van der Waals surface area (Å²) in [5.74, 6) is 0. The highest BCUT2D eigenvalue weighted by molar-refractivity contribution is 7.89. The van der Waals surface area contributed by atoms with Crippen LogP contribution in [-0.2, 0) is 16.6 Å². The van der Waals surface area contributed by atoms with Crippen LogP contribution in [0.25, 0.3) is 0 Å². The molecule has 4 nitrogen and oxygen atoms in total. The third-order valence-electron chi connectivity index (χ3n) is 3.17. The van der Waals surface area contributed by atoms with Crippen LogP contribution in [0.1, 0.15) is 24.6 Å². The van der Waals surface area contributed by atoms with Crippen LogP contribution in [0.3, 0.4) is 0 Å². The van der Waals surface area contributed by atoms with Gasteiger partial charge in [-0.2, -0.15) is 4.31 Å². The van der Waals surface area contributed by atoms with E-state index in [1.165, 1.54) is 17.1 Å². The van der Waals surface area contributed by atoms with Crippen molar-refractivity contribution in [1.82, 2.24) is 9.62 Å². The van der Waals surface area contributed by atoms with Gasteiger partial charge in [0.2, 0.25) is 10.0 Å². The molecule has 0 radical (unpaired) electrons. The van der Waals surface area contributed by atoms with E-state index in [0.29, 0.717) is 19.1 Å². The molecule has 1 aromatic heterocycles. The molecule has 1 aliphatic carbocycles.